The number of primary amides is 1. The van der Waals surface area contributed by atoms with Crippen molar-refractivity contribution < 1.29 is 4.79 Å². The van der Waals surface area contributed by atoms with Gasteiger partial charge in [0.15, 0.2) is 0 Å². The average molecular weight is 142 g/mol. The standard InChI is InChI=1S/C7H14N2O/c1-4-6(3)9(5-2)7(8)10/h3-5H2,1-2H3,(H2,8,10). The molecule has 10 heavy (non-hydrogen) atoms. The van der Waals surface area contributed by atoms with E-state index in [1.54, 1.807) is 0 Å². The zero-order valence-electron chi connectivity index (χ0n) is 6.55. The van der Waals surface area contributed by atoms with E-state index in [0.717, 1.165) is 12.1 Å². The molecule has 0 heterocycles. The van der Waals surface area contributed by atoms with Crippen LogP contribution in [0.25, 0.3) is 0 Å². The first-order valence-corrected chi connectivity index (χ1v) is 3.38. The van der Waals surface area contributed by atoms with Gasteiger partial charge >= 0.3 is 6.03 Å². The van der Waals surface area contributed by atoms with Crippen LogP contribution in [0.1, 0.15) is 20.3 Å². The van der Waals surface area contributed by atoms with Crippen molar-refractivity contribution in [1.29, 1.82) is 0 Å². The van der Waals surface area contributed by atoms with Crippen molar-refractivity contribution in [3.05, 3.63) is 12.3 Å². The normalized spacial score (nSPS) is 9.00. The molecule has 2 N–H and O–H groups in total. The van der Waals surface area contributed by atoms with Gasteiger partial charge in [-0.25, -0.2) is 4.79 Å². The van der Waals surface area contributed by atoms with Crippen molar-refractivity contribution in [1.82, 2.24) is 4.90 Å². The molecule has 0 aliphatic carbocycles. The number of hydrogen-bond donors (Lipinski definition) is 1. The lowest BCUT2D eigenvalue weighted by atomic mass is 10.3. The molecule has 0 unspecified atom stereocenters. The third-order valence-corrected chi connectivity index (χ3v) is 1.37. The van der Waals surface area contributed by atoms with Crippen LogP contribution >= 0.6 is 0 Å². The van der Waals surface area contributed by atoms with E-state index in [0.29, 0.717) is 6.54 Å². The summed E-state index contributed by atoms with van der Waals surface area (Å²) in [5.74, 6) is 0. The third-order valence-electron chi connectivity index (χ3n) is 1.37. The zero-order chi connectivity index (χ0) is 8.15. The maximum absolute atomic E-state index is 10.6. The van der Waals surface area contributed by atoms with E-state index in [1.165, 1.54) is 4.90 Å². The zero-order valence-corrected chi connectivity index (χ0v) is 6.55. The topological polar surface area (TPSA) is 46.3 Å². The highest BCUT2D eigenvalue weighted by Crippen LogP contribution is 2.03. The van der Waals surface area contributed by atoms with Crippen LogP contribution in [0.3, 0.4) is 0 Å². The Morgan fingerprint density at radius 3 is 2.20 bits per heavy atom. The molecule has 58 valence electrons. The molecule has 0 saturated heterocycles. The lowest BCUT2D eigenvalue weighted by Crippen LogP contribution is -2.34. The fraction of sp³-hybridized carbons (Fsp3) is 0.571. The summed E-state index contributed by atoms with van der Waals surface area (Å²) in [4.78, 5) is 12.1. The van der Waals surface area contributed by atoms with E-state index in [9.17, 15) is 4.79 Å². The molecule has 0 spiro atoms. The second-order valence-corrected chi connectivity index (χ2v) is 2.00. The van der Waals surface area contributed by atoms with Crippen molar-refractivity contribution in [2.75, 3.05) is 6.54 Å². The van der Waals surface area contributed by atoms with E-state index >= 15 is 0 Å². The van der Waals surface area contributed by atoms with Crippen LogP contribution in [-0.4, -0.2) is 17.5 Å². The Kier molecular flexibility index (Phi) is 3.54. The molecule has 0 aromatic carbocycles. The van der Waals surface area contributed by atoms with Gasteiger partial charge in [0.1, 0.15) is 0 Å². The molecule has 3 nitrogen and oxygen atoms in total. The molecule has 0 aliphatic rings. The summed E-state index contributed by atoms with van der Waals surface area (Å²) in [7, 11) is 0. The van der Waals surface area contributed by atoms with E-state index in [-0.39, 0.29) is 0 Å². The number of amides is 2. The first kappa shape index (κ1) is 9.01. The number of carbonyl (C=O) groups excluding carboxylic acids is 1. The van der Waals surface area contributed by atoms with Crippen LogP contribution in [0, 0.1) is 0 Å². The molecule has 0 atom stereocenters. The minimum atomic E-state index is -0.422. The monoisotopic (exact) mass is 142 g/mol. The molecular formula is C7H14N2O. The maximum atomic E-state index is 10.6. The van der Waals surface area contributed by atoms with Crippen LogP contribution in [0.5, 0.6) is 0 Å². The Hall–Kier alpha value is -0.990. The third kappa shape index (κ3) is 2.09. The minimum absolute atomic E-state index is 0.422. The Labute approximate surface area is 61.5 Å². The number of carbonyl (C=O) groups is 1. The summed E-state index contributed by atoms with van der Waals surface area (Å²) in [5, 5.41) is 0. The van der Waals surface area contributed by atoms with Crippen LogP contribution < -0.4 is 5.73 Å². The average Bonchev–Trinajstić information content (AvgIpc) is 1.88. The van der Waals surface area contributed by atoms with Crippen molar-refractivity contribution >= 4 is 6.03 Å². The summed E-state index contributed by atoms with van der Waals surface area (Å²) in [6.45, 7) is 8.10. The molecule has 0 bridgehead atoms. The van der Waals surface area contributed by atoms with Gasteiger partial charge in [0.05, 0.1) is 0 Å². The molecule has 0 saturated carbocycles. The van der Waals surface area contributed by atoms with Gasteiger partial charge in [-0.05, 0) is 13.3 Å². The number of allylic oxidation sites excluding steroid dienone is 1. The Balaban J connectivity index is 4.06. The van der Waals surface area contributed by atoms with Gasteiger partial charge in [0, 0.05) is 12.2 Å². The van der Waals surface area contributed by atoms with Gasteiger partial charge in [-0.1, -0.05) is 13.5 Å². The van der Waals surface area contributed by atoms with Crippen molar-refractivity contribution in [2.45, 2.75) is 20.3 Å². The minimum Gasteiger partial charge on any atom is -0.351 e. The first-order valence-electron chi connectivity index (χ1n) is 3.38. The van der Waals surface area contributed by atoms with Gasteiger partial charge in [-0.15, -0.1) is 0 Å². The molecule has 0 aromatic rings. The van der Waals surface area contributed by atoms with Crippen LogP contribution in [-0.2, 0) is 0 Å². The second-order valence-electron chi connectivity index (χ2n) is 2.00. The van der Waals surface area contributed by atoms with Crippen molar-refractivity contribution in [2.24, 2.45) is 5.73 Å². The summed E-state index contributed by atoms with van der Waals surface area (Å²) in [6, 6.07) is -0.422. The Morgan fingerprint density at radius 2 is 2.10 bits per heavy atom. The molecule has 3 heteroatoms. The Morgan fingerprint density at radius 1 is 1.60 bits per heavy atom. The summed E-state index contributed by atoms with van der Waals surface area (Å²) >= 11 is 0. The lowest BCUT2D eigenvalue weighted by Gasteiger charge is -2.19. The van der Waals surface area contributed by atoms with E-state index in [4.69, 9.17) is 5.73 Å². The second kappa shape index (κ2) is 3.93. The van der Waals surface area contributed by atoms with Gasteiger partial charge in [-0.3, -0.25) is 4.90 Å². The summed E-state index contributed by atoms with van der Waals surface area (Å²) in [6.07, 6.45) is 0.761. The van der Waals surface area contributed by atoms with Crippen molar-refractivity contribution in [3.8, 4) is 0 Å². The number of urea groups is 1. The predicted molar refractivity (Wildman–Crippen MR) is 41.4 cm³/mol. The molecule has 2 amide bonds. The lowest BCUT2D eigenvalue weighted by molar-refractivity contribution is 0.221. The van der Waals surface area contributed by atoms with Gasteiger partial charge in [0.25, 0.3) is 0 Å². The molecule has 0 fully saturated rings. The number of nitrogens with two attached hydrogens (primary N) is 1. The van der Waals surface area contributed by atoms with Crippen LogP contribution in [0.4, 0.5) is 4.79 Å². The predicted octanol–water partition coefficient (Wildman–Crippen LogP) is 1.31. The summed E-state index contributed by atoms with van der Waals surface area (Å²) in [5.41, 5.74) is 5.82. The highest BCUT2D eigenvalue weighted by Gasteiger charge is 2.07. The maximum Gasteiger partial charge on any atom is 0.318 e. The summed E-state index contributed by atoms with van der Waals surface area (Å²) < 4.78 is 0. The highest BCUT2D eigenvalue weighted by atomic mass is 16.2. The Bertz CT molecular complexity index is 143. The van der Waals surface area contributed by atoms with E-state index in [1.807, 2.05) is 13.8 Å². The fourth-order valence-electron chi connectivity index (χ4n) is 0.726. The molecule has 0 radical (unpaired) electrons. The fourth-order valence-corrected chi connectivity index (χ4v) is 0.726. The molecule has 0 aliphatic heterocycles. The number of hydrogen-bond acceptors (Lipinski definition) is 1. The van der Waals surface area contributed by atoms with Gasteiger partial charge in [0.2, 0.25) is 0 Å². The van der Waals surface area contributed by atoms with E-state index in [2.05, 4.69) is 6.58 Å². The number of rotatable bonds is 3. The molecule has 0 aromatic heterocycles. The van der Waals surface area contributed by atoms with Gasteiger partial charge in [-0.2, -0.15) is 0 Å². The SMILES string of the molecule is C=C(CC)N(CC)C(N)=O. The smallest absolute Gasteiger partial charge is 0.318 e. The molecular weight excluding hydrogens is 128 g/mol. The molecule has 0 rings (SSSR count). The van der Waals surface area contributed by atoms with Crippen LogP contribution in [0.15, 0.2) is 12.3 Å². The van der Waals surface area contributed by atoms with Gasteiger partial charge < -0.3 is 5.73 Å². The largest absolute Gasteiger partial charge is 0.351 e. The quantitative estimate of drug-likeness (QED) is 0.634. The first-order chi connectivity index (χ1) is 4.63. The highest BCUT2D eigenvalue weighted by molar-refractivity contribution is 5.73. The van der Waals surface area contributed by atoms with E-state index < -0.39 is 6.03 Å². The number of nitrogens with zero attached hydrogens (tertiary/aromatic N) is 1. The van der Waals surface area contributed by atoms with Crippen LogP contribution in [0.2, 0.25) is 0 Å². The van der Waals surface area contributed by atoms with Crippen molar-refractivity contribution in [3.63, 3.8) is 0 Å².